The van der Waals surface area contributed by atoms with E-state index in [2.05, 4.69) is 30.8 Å². The number of hydrogen-bond acceptors (Lipinski definition) is 16. The lowest BCUT2D eigenvalue weighted by molar-refractivity contribution is -0.173. The highest BCUT2D eigenvalue weighted by atomic mass is 32.2. The minimum absolute atomic E-state index is 0.0754. The van der Waals surface area contributed by atoms with E-state index in [1.165, 1.54) is 63.6 Å². The second kappa shape index (κ2) is 14.9. The van der Waals surface area contributed by atoms with Gasteiger partial charge in [0.05, 0.1) is 11.6 Å². The van der Waals surface area contributed by atoms with E-state index in [0.717, 1.165) is 17.7 Å². The lowest BCUT2D eigenvalue weighted by atomic mass is 9.98. The molecule has 0 bridgehead atoms. The summed E-state index contributed by atoms with van der Waals surface area (Å²) in [6.07, 6.45) is 2.90. The first-order valence-corrected chi connectivity index (χ1v) is 18.3. The number of hydrogen-bond donors (Lipinski definition) is 4. The number of thioether (sulfide) groups is 2. The van der Waals surface area contributed by atoms with Crippen molar-refractivity contribution in [3.8, 4) is 11.6 Å². The van der Waals surface area contributed by atoms with Crippen LogP contribution >= 0.6 is 23.5 Å². The van der Waals surface area contributed by atoms with E-state index in [0.29, 0.717) is 16.6 Å². The van der Waals surface area contributed by atoms with Crippen LogP contribution in [0.5, 0.6) is 11.6 Å². The van der Waals surface area contributed by atoms with E-state index in [1.807, 2.05) is 0 Å². The number of amides is 4. The maximum Gasteiger partial charge on any atom is 0.357 e. The number of aromatic nitrogens is 6. The molecule has 5 N–H and O–H groups in total. The monoisotopic (exact) mass is 768 g/mol. The number of esters is 2. The van der Waals surface area contributed by atoms with Crippen LogP contribution in [0.4, 0.5) is 10.5 Å². The van der Waals surface area contributed by atoms with Crippen LogP contribution < -0.4 is 16.0 Å². The average Bonchev–Trinajstić information content (AvgIpc) is 3.88. The van der Waals surface area contributed by atoms with Gasteiger partial charge in [0, 0.05) is 24.5 Å². The summed E-state index contributed by atoms with van der Waals surface area (Å²) in [4.78, 5) is 77.3. The van der Waals surface area contributed by atoms with Crippen molar-refractivity contribution in [1.29, 1.82) is 0 Å². The van der Waals surface area contributed by atoms with Gasteiger partial charge in [0.1, 0.15) is 40.4 Å². The van der Waals surface area contributed by atoms with Crippen LogP contribution in [0.2, 0.25) is 0 Å². The number of nitrogens with one attached hydrogen (secondary N) is 1. The fraction of sp³-hybridized carbons (Fsp3) is 0.438. The molecule has 21 heteroatoms. The van der Waals surface area contributed by atoms with Gasteiger partial charge in [-0.15, -0.1) is 16.9 Å². The number of nitrogens with zero attached hydrogens (tertiary/aromatic N) is 8. The number of benzene rings is 1. The minimum atomic E-state index is -1.56. The summed E-state index contributed by atoms with van der Waals surface area (Å²) < 4.78 is 11.9. The first-order valence-electron chi connectivity index (χ1n) is 16.3. The smallest absolute Gasteiger partial charge is 0.357 e. The van der Waals surface area contributed by atoms with Crippen molar-refractivity contribution >= 4 is 59.0 Å². The zero-order valence-corrected chi connectivity index (χ0v) is 30.6. The third kappa shape index (κ3) is 7.84. The molecule has 2 unspecified atom stereocenters. The highest BCUT2D eigenvalue weighted by molar-refractivity contribution is 8.01. The summed E-state index contributed by atoms with van der Waals surface area (Å²) >= 11 is 2.50. The molecule has 3 atom stereocenters. The van der Waals surface area contributed by atoms with E-state index in [1.54, 1.807) is 27.8 Å². The molecule has 3 aromatic rings. The third-order valence-corrected chi connectivity index (χ3v) is 10.8. The molecule has 2 fully saturated rings. The molecule has 2 aromatic heterocycles. The molecular formula is C32H36N10O9S2. The molecule has 1 saturated heterocycles. The molecule has 53 heavy (non-hydrogen) atoms. The van der Waals surface area contributed by atoms with Crippen LogP contribution in [0.3, 0.4) is 0 Å². The predicted octanol–water partition coefficient (Wildman–Crippen LogP) is 1.45. The van der Waals surface area contributed by atoms with Crippen molar-refractivity contribution in [3.63, 3.8) is 0 Å². The summed E-state index contributed by atoms with van der Waals surface area (Å²) in [6, 6.07) is 1.49. The summed E-state index contributed by atoms with van der Waals surface area (Å²) in [5.74, 6) is -2.85. The van der Waals surface area contributed by atoms with Gasteiger partial charge in [-0.25, -0.2) is 19.3 Å². The number of β-lactam (4-membered cyclic amide) rings is 1. The Bertz CT molecular complexity index is 1980. The Morgan fingerprint density at radius 1 is 1.15 bits per heavy atom. The van der Waals surface area contributed by atoms with Crippen molar-refractivity contribution in [2.24, 2.45) is 18.2 Å². The Labute approximate surface area is 310 Å². The van der Waals surface area contributed by atoms with E-state index in [4.69, 9.17) is 15.2 Å². The molecule has 4 amide bonds. The minimum Gasteiger partial charge on any atom is -0.508 e. The molecular weight excluding hydrogens is 733 g/mol. The average molecular weight is 769 g/mol. The number of aryl methyl sites for hydroxylation is 1. The Morgan fingerprint density at radius 2 is 1.87 bits per heavy atom. The van der Waals surface area contributed by atoms with Gasteiger partial charge >= 0.3 is 18.0 Å². The molecule has 0 radical (unpaired) electrons. The van der Waals surface area contributed by atoms with Crippen LogP contribution in [0.25, 0.3) is 0 Å². The molecule has 1 aromatic carbocycles. The zero-order chi connectivity index (χ0) is 38.2. The lowest BCUT2D eigenvalue weighted by Crippen LogP contribution is -2.71. The maximum atomic E-state index is 14.2. The fourth-order valence-corrected chi connectivity index (χ4v) is 7.81. The van der Waals surface area contributed by atoms with Gasteiger partial charge in [-0.2, -0.15) is 4.98 Å². The molecule has 4 heterocycles. The first-order chi connectivity index (χ1) is 25.1. The largest absolute Gasteiger partial charge is 0.508 e. The summed E-state index contributed by atoms with van der Waals surface area (Å²) in [5, 5.41) is 34.5. The molecule has 3 aliphatic rings. The lowest BCUT2D eigenvalue weighted by Gasteiger charge is -2.50. The second-order valence-electron chi connectivity index (χ2n) is 13.4. The number of primary amides is 1. The van der Waals surface area contributed by atoms with Gasteiger partial charge in [0.15, 0.2) is 0 Å². The van der Waals surface area contributed by atoms with Crippen LogP contribution in [0.1, 0.15) is 57.0 Å². The molecule has 2 aliphatic heterocycles. The number of phenolic OH excluding ortho intramolecular Hbond substituents is 1. The number of rotatable bonds is 12. The number of ether oxygens (including phenoxy) is 2. The van der Waals surface area contributed by atoms with Crippen molar-refractivity contribution in [3.05, 3.63) is 53.1 Å². The fourth-order valence-electron chi connectivity index (χ4n) is 5.48. The van der Waals surface area contributed by atoms with Crippen molar-refractivity contribution in [2.75, 3.05) is 23.2 Å². The van der Waals surface area contributed by atoms with Crippen LogP contribution in [-0.4, -0.2) is 105 Å². The van der Waals surface area contributed by atoms with Crippen molar-refractivity contribution < 1.29 is 43.7 Å². The van der Waals surface area contributed by atoms with Crippen LogP contribution in [-0.2, 0) is 35.7 Å². The summed E-state index contributed by atoms with van der Waals surface area (Å²) in [5.41, 5.74) is 5.31. The van der Waals surface area contributed by atoms with Crippen LogP contribution in [0.15, 0.2) is 46.9 Å². The zero-order valence-electron chi connectivity index (χ0n) is 29.0. The van der Waals surface area contributed by atoms with Gasteiger partial charge in [-0.05, 0) is 67.3 Å². The number of tetrazole rings is 1. The van der Waals surface area contributed by atoms with E-state index < -0.39 is 65.3 Å². The third-order valence-electron chi connectivity index (χ3n) is 8.41. The standard InChI is InChI=1S/C32H36N10O9S2/c1-32(2,3)29(48)51-14-50-28(47)22-17(13-53-31-37-38-39-40(31)4)12-52-27-20(26(46)42(22)27)35-25(45)21(15-7-9-18(43)10-8-15)41(30(33)49)19-11-34-23(16-5-6-16)36-24(19)44/h7-11,16,20-21,27,43H,5-6,12-14H2,1-4H3,(H2,33,49)(H,35,45)(H,34,36,44)/t20?,21?,27-/m0/s1. The number of urea groups is 1. The highest BCUT2D eigenvalue weighted by Gasteiger charge is 2.55. The normalized spacial score (nSPS) is 18.8. The van der Waals surface area contributed by atoms with Gasteiger partial charge in [0.25, 0.3) is 5.91 Å². The Kier molecular flexibility index (Phi) is 10.5. The van der Waals surface area contributed by atoms with E-state index in [-0.39, 0.29) is 40.1 Å². The number of carbonyl (C=O) groups is 5. The van der Waals surface area contributed by atoms with Crippen molar-refractivity contribution in [1.82, 2.24) is 40.4 Å². The number of nitrogens with two attached hydrogens (primary N) is 1. The Balaban J connectivity index is 1.26. The van der Waals surface area contributed by atoms with E-state index >= 15 is 0 Å². The number of aromatic hydroxyl groups is 2. The predicted molar refractivity (Wildman–Crippen MR) is 187 cm³/mol. The molecule has 1 aliphatic carbocycles. The molecule has 1 saturated carbocycles. The number of carbonyl (C=O) groups excluding carboxylic acids is 5. The van der Waals surface area contributed by atoms with Crippen molar-refractivity contribution in [2.45, 2.75) is 62.1 Å². The SMILES string of the molecule is Cn1nnnc1SCC1=C(C(=O)OCOC(=O)C(C)(C)C)N2C(=O)C(NC(=O)C(c3ccc(O)cc3)N(C(N)=O)c3cnc(C4CC4)nc3O)[C@@H]2SC1. The van der Waals surface area contributed by atoms with Gasteiger partial charge < -0.3 is 30.7 Å². The second-order valence-corrected chi connectivity index (χ2v) is 15.4. The Morgan fingerprint density at radius 3 is 2.47 bits per heavy atom. The number of phenols is 1. The molecule has 19 nitrogen and oxygen atoms in total. The number of fused-ring (bicyclic) bond motifs is 1. The quantitative estimate of drug-likeness (QED) is 0.0880. The number of anilines is 1. The molecule has 280 valence electrons. The Hall–Kier alpha value is -5.44. The summed E-state index contributed by atoms with van der Waals surface area (Å²) in [7, 11) is 1.65. The van der Waals surface area contributed by atoms with Gasteiger partial charge in [0.2, 0.25) is 23.7 Å². The first kappa shape index (κ1) is 37.3. The highest BCUT2D eigenvalue weighted by Crippen LogP contribution is 2.43. The van der Waals surface area contributed by atoms with Gasteiger partial charge in [-0.3, -0.25) is 24.2 Å². The van der Waals surface area contributed by atoms with E-state index in [9.17, 15) is 34.2 Å². The molecule has 0 spiro atoms. The maximum absolute atomic E-state index is 14.2. The van der Waals surface area contributed by atoms with Crippen LogP contribution in [0, 0.1) is 5.41 Å². The summed E-state index contributed by atoms with van der Waals surface area (Å²) in [6.45, 7) is 4.23. The topological polar surface area (TPSA) is 258 Å². The molecule has 6 rings (SSSR count). The van der Waals surface area contributed by atoms with Gasteiger partial charge in [-0.1, -0.05) is 23.9 Å².